The number of ether oxygens (including phenoxy) is 3. The molecule has 0 aromatic rings. The van der Waals surface area contributed by atoms with Crippen LogP contribution in [-0.2, 0) is 14.2 Å². The van der Waals surface area contributed by atoms with E-state index >= 15 is 0 Å². The number of aliphatic imine (C=N–C) groups is 1. The molecule has 172 valence electrons. The van der Waals surface area contributed by atoms with E-state index in [2.05, 4.69) is 20.5 Å². The van der Waals surface area contributed by atoms with Gasteiger partial charge in [0.15, 0.2) is 5.96 Å². The highest BCUT2D eigenvalue weighted by Crippen LogP contribution is 2.14. The maximum Gasteiger partial charge on any atom is 0.191 e. The van der Waals surface area contributed by atoms with Gasteiger partial charge in [-0.25, -0.2) is 0 Å². The lowest BCUT2D eigenvalue weighted by atomic mass is 10.0. The molecule has 8 nitrogen and oxygen atoms in total. The lowest BCUT2D eigenvalue weighted by Gasteiger charge is -2.33. The normalized spacial score (nSPS) is 21.3. The molecule has 2 heterocycles. The van der Waals surface area contributed by atoms with Gasteiger partial charge in [-0.1, -0.05) is 0 Å². The van der Waals surface area contributed by atoms with Crippen molar-refractivity contribution in [3.05, 3.63) is 0 Å². The van der Waals surface area contributed by atoms with Crippen LogP contribution in [0, 0.1) is 5.92 Å². The number of β-amino-alcohol motifs (C(OH)–C–C–N with tert-alkyl or cyclic N) is 1. The maximum atomic E-state index is 10.7. The summed E-state index contributed by atoms with van der Waals surface area (Å²) in [5.41, 5.74) is -0.855. The van der Waals surface area contributed by atoms with Crippen LogP contribution in [0.15, 0.2) is 4.99 Å². The summed E-state index contributed by atoms with van der Waals surface area (Å²) in [4.78, 5) is 6.80. The van der Waals surface area contributed by atoms with E-state index in [9.17, 15) is 5.11 Å². The topological polar surface area (TPSA) is 87.6 Å². The summed E-state index contributed by atoms with van der Waals surface area (Å²) in [7, 11) is 0. The lowest BCUT2D eigenvalue weighted by Crippen LogP contribution is -2.48. The van der Waals surface area contributed by atoms with Crippen LogP contribution in [0.25, 0.3) is 0 Å². The molecule has 1 atom stereocenters. The summed E-state index contributed by atoms with van der Waals surface area (Å²) in [6.07, 6.45) is 3.15. The van der Waals surface area contributed by atoms with E-state index in [1.54, 1.807) is 0 Å². The van der Waals surface area contributed by atoms with E-state index in [1.807, 2.05) is 13.8 Å². The highest BCUT2D eigenvalue weighted by molar-refractivity contribution is 14.0. The van der Waals surface area contributed by atoms with Gasteiger partial charge in [-0.15, -0.1) is 24.0 Å². The molecule has 0 amide bonds. The van der Waals surface area contributed by atoms with Crippen molar-refractivity contribution in [1.82, 2.24) is 15.5 Å². The van der Waals surface area contributed by atoms with E-state index < -0.39 is 5.60 Å². The van der Waals surface area contributed by atoms with Crippen LogP contribution in [0.1, 0.15) is 33.1 Å². The van der Waals surface area contributed by atoms with Crippen LogP contribution >= 0.6 is 24.0 Å². The molecule has 0 saturated carbocycles. The van der Waals surface area contributed by atoms with Gasteiger partial charge in [0.2, 0.25) is 0 Å². The van der Waals surface area contributed by atoms with Gasteiger partial charge in [-0.05, 0) is 39.0 Å². The predicted molar refractivity (Wildman–Crippen MR) is 126 cm³/mol. The highest BCUT2D eigenvalue weighted by Gasteiger charge is 2.25. The van der Waals surface area contributed by atoms with Crippen molar-refractivity contribution in [2.24, 2.45) is 10.9 Å². The minimum atomic E-state index is -0.855. The lowest BCUT2D eigenvalue weighted by molar-refractivity contribution is -0.0180. The first-order valence-corrected chi connectivity index (χ1v) is 10.8. The SMILES string of the molecule is CCNC(=NCC(C)(O)CN1CCOCC1)NCCCOCC1CCOCC1.I. The fraction of sp³-hybridized carbons (Fsp3) is 0.950. The van der Waals surface area contributed by atoms with Crippen LogP contribution in [0.2, 0.25) is 0 Å². The van der Waals surface area contributed by atoms with Gasteiger partial charge < -0.3 is 30.0 Å². The van der Waals surface area contributed by atoms with E-state index in [0.717, 1.165) is 91.0 Å². The predicted octanol–water partition coefficient (Wildman–Crippen LogP) is 1.08. The molecule has 2 aliphatic rings. The van der Waals surface area contributed by atoms with Crippen molar-refractivity contribution in [3.63, 3.8) is 0 Å². The summed E-state index contributed by atoms with van der Waals surface area (Å²) in [5.74, 6) is 1.39. The molecule has 1 unspecified atom stereocenters. The Bertz CT molecular complexity index is 442. The first kappa shape index (κ1) is 26.8. The van der Waals surface area contributed by atoms with Crippen molar-refractivity contribution < 1.29 is 19.3 Å². The van der Waals surface area contributed by atoms with Gasteiger partial charge in [0.25, 0.3) is 0 Å². The van der Waals surface area contributed by atoms with Crippen molar-refractivity contribution in [2.75, 3.05) is 78.9 Å². The maximum absolute atomic E-state index is 10.7. The molecule has 9 heteroatoms. The molecule has 29 heavy (non-hydrogen) atoms. The van der Waals surface area contributed by atoms with Gasteiger partial charge in [-0.2, -0.15) is 0 Å². The number of hydrogen-bond donors (Lipinski definition) is 3. The Morgan fingerprint density at radius 3 is 2.55 bits per heavy atom. The molecule has 0 radical (unpaired) electrons. The second kappa shape index (κ2) is 15.6. The highest BCUT2D eigenvalue weighted by atomic mass is 127. The molecular weight excluding hydrogens is 487 g/mol. The largest absolute Gasteiger partial charge is 0.387 e. The zero-order valence-electron chi connectivity index (χ0n) is 18.2. The zero-order chi connectivity index (χ0) is 20.1. The quantitative estimate of drug-likeness (QED) is 0.160. The first-order valence-electron chi connectivity index (χ1n) is 10.8. The van der Waals surface area contributed by atoms with Crippen molar-refractivity contribution in [3.8, 4) is 0 Å². The number of halogens is 1. The average molecular weight is 528 g/mol. The Balaban J connectivity index is 0.00000420. The first-order chi connectivity index (χ1) is 13.6. The number of aliphatic hydroxyl groups is 1. The summed E-state index contributed by atoms with van der Waals surface area (Å²) < 4.78 is 16.5. The van der Waals surface area contributed by atoms with E-state index in [1.165, 1.54) is 0 Å². The Morgan fingerprint density at radius 2 is 1.86 bits per heavy atom. The molecule has 0 aromatic heterocycles. The fourth-order valence-corrected chi connectivity index (χ4v) is 3.43. The van der Waals surface area contributed by atoms with Gasteiger partial charge in [0.1, 0.15) is 0 Å². The van der Waals surface area contributed by atoms with Crippen LogP contribution in [-0.4, -0.2) is 100 Å². The molecule has 2 rings (SSSR count). The third-order valence-electron chi connectivity index (χ3n) is 5.04. The molecule has 0 aromatic carbocycles. The molecule has 0 aliphatic carbocycles. The average Bonchev–Trinajstić information content (AvgIpc) is 2.70. The third kappa shape index (κ3) is 12.3. The summed E-state index contributed by atoms with van der Waals surface area (Å²) in [5, 5.41) is 17.2. The number of rotatable bonds is 11. The van der Waals surface area contributed by atoms with Gasteiger partial charge >= 0.3 is 0 Å². The molecule has 2 saturated heterocycles. The minimum absolute atomic E-state index is 0. The Kier molecular flexibility index (Phi) is 14.4. The van der Waals surface area contributed by atoms with Crippen molar-refractivity contribution >= 4 is 29.9 Å². The van der Waals surface area contributed by atoms with Crippen LogP contribution in [0.3, 0.4) is 0 Å². The Morgan fingerprint density at radius 1 is 1.17 bits per heavy atom. The Hall–Kier alpha value is -0.200. The van der Waals surface area contributed by atoms with E-state index in [4.69, 9.17) is 14.2 Å². The van der Waals surface area contributed by atoms with Crippen LogP contribution in [0.5, 0.6) is 0 Å². The molecule has 3 N–H and O–H groups in total. The van der Waals surface area contributed by atoms with Crippen LogP contribution in [0.4, 0.5) is 0 Å². The second-order valence-electron chi connectivity index (χ2n) is 7.99. The molecule has 0 bridgehead atoms. The fourth-order valence-electron chi connectivity index (χ4n) is 3.43. The van der Waals surface area contributed by atoms with Gasteiger partial charge in [0, 0.05) is 59.2 Å². The second-order valence-corrected chi connectivity index (χ2v) is 7.99. The van der Waals surface area contributed by atoms with Crippen LogP contribution < -0.4 is 10.6 Å². The molecule has 2 fully saturated rings. The summed E-state index contributed by atoms with van der Waals surface area (Å²) >= 11 is 0. The van der Waals surface area contributed by atoms with Crippen molar-refractivity contribution in [1.29, 1.82) is 0 Å². The monoisotopic (exact) mass is 528 g/mol. The van der Waals surface area contributed by atoms with Gasteiger partial charge in [-0.3, -0.25) is 9.89 Å². The smallest absolute Gasteiger partial charge is 0.191 e. The summed E-state index contributed by atoms with van der Waals surface area (Å²) in [6, 6.07) is 0. The number of hydrogen-bond acceptors (Lipinski definition) is 6. The standard InChI is InChI=1S/C20H40N4O4.HI/c1-3-21-19(22-7-4-10-28-15-18-5-11-26-12-6-18)23-16-20(2,25)17-24-8-13-27-14-9-24;/h18,25H,3-17H2,1-2H3,(H2,21,22,23);1H. The number of nitrogens with one attached hydrogen (secondary N) is 2. The zero-order valence-corrected chi connectivity index (χ0v) is 20.5. The molecular formula is C20H41IN4O4. The number of morpholine rings is 1. The summed E-state index contributed by atoms with van der Waals surface area (Å²) in [6.45, 7) is 13.0. The molecule has 0 spiro atoms. The minimum Gasteiger partial charge on any atom is -0.387 e. The number of guanidine groups is 1. The third-order valence-corrected chi connectivity index (χ3v) is 5.04. The van der Waals surface area contributed by atoms with Crippen molar-refractivity contribution in [2.45, 2.75) is 38.7 Å². The number of nitrogens with zero attached hydrogens (tertiary/aromatic N) is 2. The Labute approximate surface area is 193 Å². The van der Waals surface area contributed by atoms with Gasteiger partial charge in [0.05, 0.1) is 25.4 Å². The van der Waals surface area contributed by atoms with E-state index in [-0.39, 0.29) is 24.0 Å². The van der Waals surface area contributed by atoms with E-state index in [0.29, 0.717) is 19.0 Å². The molecule has 2 aliphatic heterocycles.